The van der Waals surface area contributed by atoms with Crippen molar-refractivity contribution in [1.29, 1.82) is 0 Å². The van der Waals surface area contributed by atoms with E-state index in [0.29, 0.717) is 6.54 Å². The summed E-state index contributed by atoms with van der Waals surface area (Å²) in [7, 11) is 2.14. The highest BCUT2D eigenvalue weighted by molar-refractivity contribution is 6.32. The topological polar surface area (TPSA) is 12.4 Å². The maximum atomic E-state index is 4.57. The lowest BCUT2D eigenvalue weighted by Gasteiger charge is -2.04. The average Bonchev–Trinajstić information content (AvgIpc) is 2.57. The number of hydrogen-bond donors (Lipinski definition) is 0. The zero-order chi connectivity index (χ0) is 17.8. The van der Waals surface area contributed by atoms with Crippen molar-refractivity contribution >= 4 is 19.5 Å². The molecule has 1 nitrogen and oxygen atoms in total. The van der Waals surface area contributed by atoms with Crippen molar-refractivity contribution in [2.75, 3.05) is 0 Å². The summed E-state index contributed by atoms with van der Waals surface area (Å²) in [5, 5.41) is 0. The summed E-state index contributed by atoms with van der Waals surface area (Å²) in [5.41, 5.74) is 6.18. The Balaban J connectivity index is 2.94. The SMILES string of the molecule is Bc1cc(CC)cc(C/N=C/C=C(\C=C/C)C(/C=C\C)=C/C=C)c1. The Morgan fingerprint density at radius 1 is 1.04 bits per heavy atom. The molecule has 2 heteroatoms. The third-order valence-electron chi connectivity index (χ3n) is 3.56. The van der Waals surface area contributed by atoms with Gasteiger partial charge in [-0.1, -0.05) is 73.6 Å². The molecule has 0 N–H and O–H groups in total. The largest absolute Gasteiger partial charge is 0.288 e. The third-order valence-corrected chi connectivity index (χ3v) is 3.56. The second kappa shape index (κ2) is 11.2. The molecule has 1 rings (SSSR count). The molecule has 0 saturated carbocycles. The molecular formula is C22H28BN. The maximum Gasteiger partial charge on any atom is 0.139 e. The molecule has 0 aliphatic rings. The minimum Gasteiger partial charge on any atom is -0.288 e. The predicted molar refractivity (Wildman–Crippen MR) is 112 cm³/mol. The number of rotatable bonds is 8. The molecule has 1 aromatic carbocycles. The van der Waals surface area contributed by atoms with Crippen molar-refractivity contribution in [3.05, 3.63) is 89.6 Å². The first-order valence-corrected chi connectivity index (χ1v) is 8.52. The zero-order valence-electron chi connectivity index (χ0n) is 15.4. The quantitative estimate of drug-likeness (QED) is 0.386. The van der Waals surface area contributed by atoms with Gasteiger partial charge in [0.15, 0.2) is 0 Å². The van der Waals surface area contributed by atoms with Gasteiger partial charge in [-0.05, 0) is 48.6 Å². The van der Waals surface area contributed by atoms with E-state index in [0.717, 1.165) is 17.6 Å². The van der Waals surface area contributed by atoms with Gasteiger partial charge in [0, 0.05) is 6.21 Å². The molecule has 0 amide bonds. The van der Waals surface area contributed by atoms with E-state index in [1.54, 1.807) is 0 Å². The summed E-state index contributed by atoms with van der Waals surface area (Å²) in [5.74, 6) is 0. The van der Waals surface area contributed by atoms with Crippen LogP contribution in [0.1, 0.15) is 31.9 Å². The van der Waals surface area contributed by atoms with Crippen LogP contribution in [-0.2, 0) is 13.0 Å². The number of benzene rings is 1. The highest BCUT2D eigenvalue weighted by Crippen LogP contribution is 2.13. The molecule has 0 aliphatic carbocycles. The van der Waals surface area contributed by atoms with Crippen LogP contribution in [0.15, 0.2) is 83.4 Å². The molecule has 0 aromatic heterocycles. The lowest BCUT2D eigenvalue weighted by Crippen LogP contribution is -2.05. The highest BCUT2D eigenvalue weighted by atomic mass is 14.7. The van der Waals surface area contributed by atoms with Gasteiger partial charge in [-0.2, -0.15) is 0 Å². The van der Waals surface area contributed by atoms with Crippen LogP contribution in [-0.4, -0.2) is 14.1 Å². The summed E-state index contributed by atoms with van der Waals surface area (Å²) in [6.45, 7) is 10.7. The van der Waals surface area contributed by atoms with E-state index in [2.05, 4.69) is 56.7 Å². The lowest BCUT2D eigenvalue weighted by molar-refractivity contribution is 1.06. The van der Waals surface area contributed by atoms with Gasteiger partial charge in [0.05, 0.1) is 6.54 Å². The number of hydrogen-bond acceptors (Lipinski definition) is 1. The highest BCUT2D eigenvalue weighted by Gasteiger charge is 1.97. The fraction of sp³-hybridized carbons (Fsp3) is 0.227. The molecule has 0 spiro atoms. The first-order chi connectivity index (χ1) is 11.6. The van der Waals surface area contributed by atoms with Gasteiger partial charge < -0.3 is 0 Å². The van der Waals surface area contributed by atoms with Gasteiger partial charge in [-0.15, -0.1) is 0 Å². The lowest BCUT2D eigenvalue weighted by atomic mass is 9.91. The number of nitrogens with zero attached hydrogens (tertiary/aromatic N) is 1. The van der Waals surface area contributed by atoms with E-state index >= 15 is 0 Å². The first-order valence-electron chi connectivity index (χ1n) is 8.52. The van der Waals surface area contributed by atoms with Crippen LogP contribution < -0.4 is 5.46 Å². The van der Waals surface area contributed by atoms with Crippen LogP contribution in [0, 0.1) is 0 Å². The van der Waals surface area contributed by atoms with E-state index in [1.807, 2.05) is 50.4 Å². The van der Waals surface area contributed by atoms with Crippen LogP contribution >= 0.6 is 0 Å². The minimum absolute atomic E-state index is 0.707. The molecule has 0 radical (unpaired) electrons. The molecule has 24 heavy (non-hydrogen) atoms. The molecule has 0 saturated heterocycles. The van der Waals surface area contributed by atoms with Crippen molar-refractivity contribution in [3.8, 4) is 0 Å². The normalized spacial score (nSPS) is 13.5. The van der Waals surface area contributed by atoms with E-state index in [1.165, 1.54) is 16.6 Å². The Morgan fingerprint density at radius 2 is 1.67 bits per heavy atom. The second-order valence-electron chi connectivity index (χ2n) is 5.65. The summed E-state index contributed by atoms with van der Waals surface area (Å²) >= 11 is 0. The summed E-state index contributed by atoms with van der Waals surface area (Å²) < 4.78 is 0. The molecule has 0 fully saturated rings. The monoisotopic (exact) mass is 317 g/mol. The maximum absolute atomic E-state index is 4.57. The molecule has 0 unspecified atom stereocenters. The zero-order valence-corrected chi connectivity index (χ0v) is 15.4. The molecule has 0 heterocycles. The Labute approximate surface area is 148 Å². The molecule has 1 aromatic rings. The minimum atomic E-state index is 0.707. The van der Waals surface area contributed by atoms with Crippen molar-refractivity contribution in [3.63, 3.8) is 0 Å². The van der Waals surface area contributed by atoms with Crippen molar-refractivity contribution < 1.29 is 0 Å². The van der Waals surface area contributed by atoms with Crippen LogP contribution in [0.2, 0.25) is 0 Å². The molecule has 0 bridgehead atoms. The number of aliphatic imine (C=N–C) groups is 1. The van der Waals surface area contributed by atoms with Crippen LogP contribution in [0.25, 0.3) is 0 Å². The van der Waals surface area contributed by atoms with Crippen LogP contribution in [0.4, 0.5) is 0 Å². The standard InChI is InChI=1S/C22H28BN/c1-5-9-20(10-6-2)21(11-7-3)12-13-24-17-19-14-18(8-4)15-22(23)16-19/h5-7,9-16H,1,8,17,23H2,2-4H3/b10-6-,11-7-,20-9+,21-12+,24-13+. The van der Waals surface area contributed by atoms with Crippen molar-refractivity contribution in [2.24, 2.45) is 4.99 Å². The molecule has 0 atom stereocenters. The van der Waals surface area contributed by atoms with Crippen molar-refractivity contribution in [2.45, 2.75) is 33.7 Å². The van der Waals surface area contributed by atoms with E-state index < -0.39 is 0 Å². The summed E-state index contributed by atoms with van der Waals surface area (Å²) in [4.78, 5) is 4.57. The van der Waals surface area contributed by atoms with E-state index in [9.17, 15) is 0 Å². The van der Waals surface area contributed by atoms with Crippen molar-refractivity contribution in [1.82, 2.24) is 0 Å². The third kappa shape index (κ3) is 6.83. The smallest absolute Gasteiger partial charge is 0.139 e. The van der Waals surface area contributed by atoms with Gasteiger partial charge in [-0.3, -0.25) is 4.99 Å². The first kappa shape index (κ1) is 19.7. The average molecular weight is 317 g/mol. The van der Waals surface area contributed by atoms with E-state index in [-0.39, 0.29) is 0 Å². The Kier molecular flexibility index (Phi) is 9.22. The van der Waals surface area contributed by atoms with Gasteiger partial charge in [0.25, 0.3) is 0 Å². The Bertz CT molecular complexity index is 688. The van der Waals surface area contributed by atoms with Gasteiger partial charge >= 0.3 is 0 Å². The summed E-state index contributed by atoms with van der Waals surface area (Å²) in [6, 6.07) is 6.68. The van der Waals surface area contributed by atoms with E-state index in [4.69, 9.17) is 0 Å². The predicted octanol–water partition coefficient (Wildman–Crippen LogP) is 4.27. The molecule has 124 valence electrons. The van der Waals surface area contributed by atoms with Gasteiger partial charge in [-0.25, -0.2) is 0 Å². The molecule has 0 aliphatic heterocycles. The fourth-order valence-corrected chi connectivity index (χ4v) is 2.52. The Hall–Kier alpha value is -2.35. The van der Waals surface area contributed by atoms with Gasteiger partial charge in [0.1, 0.15) is 7.85 Å². The fourth-order valence-electron chi connectivity index (χ4n) is 2.52. The number of aryl methyl sites for hydroxylation is 1. The van der Waals surface area contributed by atoms with Crippen LogP contribution in [0.3, 0.4) is 0 Å². The molecular weight excluding hydrogens is 289 g/mol. The summed E-state index contributed by atoms with van der Waals surface area (Å²) in [6.07, 6.45) is 17.0. The van der Waals surface area contributed by atoms with Gasteiger partial charge in [0.2, 0.25) is 0 Å². The Morgan fingerprint density at radius 3 is 2.25 bits per heavy atom. The number of allylic oxidation sites excluding steroid dienone is 9. The second-order valence-corrected chi connectivity index (χ2v) is 5.65. The van der Waals surface area contributed by atoms with Crippen LogP contribution in [0.5, 0.6) is 0 Å².